The summed E-state index contributed by atoms with van der Waals surface area (Å²) in [5.74, 6) is 0.0833. The van der Waals surface area contributed by atoms with Crippen LogP contribution in [-0.2, 0) is 14.8 Å². The van der Waals surface area contributed by atoms with E-state index in [0.29, 0.717) is 23.7 Å². The Morgan fingerprint density at radius 1 is 1.00 bits per heavy atom. The summed E-state index contributed by atoms with van der Waals surface area (Å²) in [4.78, 5) is 12.7. The Balaban J connectivity index is 1.91. The number of benzene rings is 3. The number of para-hydroxylation sites is 2. The predicted molar refractivity (Wildman–Crippen MR) is 112 cm³/mol. The third-order valence-corrected chi connectivity index (χ3v) is 5.31. The zero-order valence-corrected chi connectivity index (χ0v) is 16.6. The normalized spacial score (nSPS) is 11.2. The largest absolute Gasteiger partial charge is 0.492 e. The van der Waals surface area contributed by atoms with Crippen LogP contribution in [0.4, 0.5) is 11.4 Å². The van der Waals surface area contributed by atoms with Crippen molar-refractivity contribution in [1.82, 2.24) is 0 Å². The molecule has 6 nitrogen and oxygen atoms in total. The lowest BCUT2D eigenvalue weighted by Gasteiger charge is -2.23. The number of hydrogen-bond donors (Lipinski definition) is 1. The van der Waals surface area contributed by atoms with Gasteiger partial charge in [-0.3, -0.25) is 9.10 Å². The smallest absolute Gasteiger partial charge is 0.245 e. The van der Waals surface area contributed by atoms with E-state index >= 15 is 0 Å². The number of anilines is 2. The molecule has 3 aromatic rings. The van der Waals surface area contributed by atoms with Crippen LogP contribution in [-0.4, -0.2) is 33.7 Å². The van der Waals surface area contributed by atoms with Crippen LogP contribution >= 0.6 is 0 Å². The first-order valence-electron chi connectivity index (χ1n) is 8.87. The number of sulfonamides is 1. The Hall–Kier alpha value is -3.06. The molecule has 1 N–H and O–H groups in total. The van der Waals surface area contributed by atoms with Gasteiger partial charge in [-0.25, -0.2) is 8.42 Å². The van der Waals surface area contributed by atoms with Gasteiger partial charge >= 0.3 is 0 Å². The molecule has 0 heterocycles. The van der Waals surface area contributed by atoms with Crippen molar-refractivity contribution in [2.75, 3.05) is 29.0 Å². The lowest BCUT2D eigenvalue weighted by molar-refractivity contribution is -0.114. The van der Waals surface area contributed by atoms with Gasteiger partial charge in [0.2, 0.25) is 15.9 Å². The van der Waals surface area contributed by atoms with Crippen molar-refractivity contribution in [1.29, 1.82) is 0 Å². The first kappa shape index (κ1) is 19.7. The first-order chi connectivity index (χ1) is 13.4. The molecule has 7 heteroatoms. The van der Waals surface area contributed by atoms with E-state index in [0.717, 1.165) is 21.3 Å². The molecule has 0 fully saturated rings. The zero-order chi connectivity index (χ0) is 20.1. The molecule has 28 heavy (non-hydrogen) atoms. The first-order valence-corrected chi connectivity index (χ1v) is 10.7. The fourth-order valence-corrected chi connectivity index (χ4v) is 3.85. The van der Waals surface area contributed by atoms with Crippen molar-refractivity contribution in [3.8, 4) is 5.75 Å². The molecule has 0 aliphatic heterocycles. The summed E-state index contributed by atoms with van der Waals surface area (Å²) >= 11 is 0. The number of carbonyl (C=O) groups excluding carboxylic acids is 1. The maximum Gasteiger partial charge on any atom is 0.245 e. The molecular weight excluding hydrogens is 376 g/mol. The topological polar surface area (TPSA) is 75.7 Å². The third-order valence-electron chi connectivity index (χ3n) is 4.18. The highest BCUT2D eigenvalue weighted by Gasteiger charge is 2.23. The summed E-state index contributed by atoms with van der Waals surface area (Å²) in [6.45, 7) is 1.97. The SMILES string of the molecule is CCOc1ccccc1NC(=O)CN(c1cccc2ccccc12)S(C)(=O)=O. The minimum atomic E-state index is -3.68. The number of fused-ring (bicyclic) bond motifs is 1. The molecule has 0 spiro atoms. The average molecular weight is 398 g/mol. The van der Waals surface area contributed by atoms with Gasteiger partial charge in [0.1, 0.15) is 12.3 Å². The number of rotatable bonds is 7. The van der Waals surface area contributed by atoms with Crippen LogP contribution < -0.4 is 14.4 Å². The molecule has 0 unspecified atom stereocenters. The number of carbonyl (C=O) groups is 1. The van der Waals surface area contributed by atoms with Gasteiger partial charge in [-0.1, -0.05) is 48.5 Å². The highest BCUT2D eigenvalue weighted by molar-refractivity contribution is 7.92. The Labute approximate surface area is 164 Å². The fraction of sp³-hybridized carbons (Fsp3) is 0.190. The summed E-state index contributed by atoms with van der Waals surface area (Å²) in [6.07, 6.45) is 1.09. The van der Waals surface area contributed by atoms with Crippen molar-refractivity contribution in [3.05, 3.63) is 66.7 Å². The standard InChI is InChI=1S/C21H22N2O4S/c1-3-27-20-14-7-6-12-18(20)22-21(24)15-23(28(2,25)26)19-13-8-10-16-9-4-5-11-17(16)19/h4-14H,3,15H2,1-2H3,(H,22,24). The van der Waals surface area contributed by atoms with Gasteiger partial charge in [0.05, 0.1) is 24.2 Å². The molecule has 0 atom stereocenters. The number of ether oxygens (including phenoxy) is 1. The second-order valence-electron chi connectivity index (χ2n) is 6.25. The second-order valence-corrected chi connectivity index (χ2v) is 8.15. The predicted octanol–water partition coefficient (Wildman–Crippen LogP) is 3.64. The van der Waals surface area contributed by atoms with Crippen molar-refractivity contribution in [3.63, 3.8) is 0 Å². The molecule has 0 aliphatic rings. The van der Waals surface area contributed by atoms with Gasteiger partial charge in [0.25, 0.3) is 0 Å². The van der Waals surface area contributed by atoms with Gasteiger partial charge in [-0.05, 0) is 30.5 Å². The summed E-state index contributed by atoms with van der Waals surface area (Å²) in [5.41, 5.74) is 0.967. The second kappa shape index (κ2) is 8.31. The Bertz CT molecular complexity index is 1090. The van der Waals surface area contributed by atoms with E-state index in [1.807, 2.05) is 37.3 Å². The van der Waals surface area contributed by atoms with Crippen molar-refractivity contribution in [2.45, 2.75) is 6.92 Å². The molecule has 0 aromatic heterocycles. The lowest BCUT2D eigenvalue weighted by Crippen LogP contribution is -2.37. The van der Waals surface area contributed by atoms with Gasteiger partial charge in [-0.2, -0.15) is 0 Å². The van der Waals surface area contributed by atoms with E-state index in [2.05, 4.69) is 5.32 Å². The average Bonchev–Trinajstić information content (AvgIpc) is 2.67. The lowest BCUT2D eigenvalue weighted by atomic mass is 10.1. The highest BCUT2D eigenvalue weighted by Crippen LogP contribution is 2.29. The molecule has 146 valence electrons. The van der Waals surface area contributed by atoms with Crippen molar-refractivity contribution in [2.24, 2.45) is 0 Å². The maximum atomic E-state index is 12.7. The summed E-state index contributed by atoms with van der Waals surface area (Å²) in [6, 6.07) is 19.9. The molecule has 0 saturated carbocycles. The third kappa shape index (κ3) is 4.43. The number of hydrogen-bond acceptors (Lipinski definition) is 4. The summed E-state index contributed by atoms with van der Waals surface area (Å²) in [5, 5.41) is 4.41. The summed E-state index contributed by atoms with van der Waals surface area (Å²) in [7, 11) is -3.68. The van der Waals surface area contributed by atoms with Crippen LogP contribution in [0.3, 0.4) is 0 Å². The molecule has 0 bridgehead atoms. The van der Waals surface area contributed by atoms with Gasteiger partial charge in [-0.15, -0.1) is 0 Å². The highest BCUT2D eigenvalue weighted by atomic mass is 32.2. The summed E-state index contributed by atoms with van der Waals surface area (Å²) < 4.78 is 31.5. The van der Waals surface area contributed by atoms with Crippen LogP contribution in [0.5, 0.6) is 5.75 Å². The van der Waals surface area contributed by atoms with Crippen molar-refractivity contribution >= 4 is 38.1 Å². The monoisotopic (exact) mass is 398 g/mol. The van der Waals surface area contributed by atoms with Gasteiger partial charge < -0.3 is 10.1 Å². The Morgan fingerprint density at radius 2 is 1.68 bits per heavy atom. The molecule has 1 amide bonds. The van der Waals surface area contributed by atoms with Gasteiger partial charge in [0, 0.05) is 5.39 Å². The van der Waals surface area contributed by atoms with E-state index < -0.39 is 15.9 Å². The zero-order valence-electron chi connectivity index (χ0n) is 15.8. The van der Waals surface area contributed by atoms with E-state index in [1.54, 1.807) is 36.4 Å². The minimum Gasteiger partial charge on any atom is -0.492 e. The molecule has 0 saturated heterocycles. The minimum absolute atomic E-state index is 0.340. The van der Waals surface area contributed by atoms with Gasteiger partial charge in [0.15, 0.2) is 0 Å². The van der Waals surface area contributed by atoms with Crippen LogP contribution in [0.25, 0.3) is 10.8 Å². The molecule has 0 aliphatic carbocycles. The Morgan fingerprint density at radius 3 is 2.43 bits per heavy atom. The van der Waals surface area contributed by atoms with Crippen LogP contribution in [0.2, 0.25) is 0 Å². The maximum absolute atomic E-state index is 12.7. The molecule has 3 rings (SSSR count). The van der Waals surface area contributed by atoms with Crippen LogP contribution in [0.15, 0.2) is 66.7 Å². The quantitative estimate of drug-likeness (QED) is 0.659. The number of nitrogens with zero attached hydrogens (tertiary/aromatic N) is 1. The van der Waals surface area contributed by atoms with E-state index in [4.69, 9.17) is 4.74 Å². The van der Waals surface area contributed by atoms with E-state index in [-0.39, 0.29) is 6.54 Å². The molecule has 0 radical (unpaired) electrons. The van der Waals surface area contributed by atoms with E-state index in [1.165, 1.54) is 0 Å². The van der Waals surface area contributed by atoms with Crippen LogP contribution in [0.1, 0.15) is 6.92 Å². The van der Waals surface area contributed by atoms with Crippen molar-refractivity contribution < 1.29 is 17.9 Å². The van der Waals surface area contributed by atoms with Crippen LogP contribution in [0, 0.1) is 0 Å². The molecular formula is C21H22N2O4S. The van der Waals surface area contributed by atoms with E-state index in [9.17, 15) is 13.2 Å². The number of nitrogens with one attached hydrogen (secondary N) is 1. The Kier molecular flexibility index (Phi) is 5.84. The molecule has 3 aromatic carbocycles. The number of amides is 1. The fourth-order valence-electron chi connectivity index (χ4n) is 2.98.